The molecule has 3 aromatic rings. The maximum Gasteiger partial charge on any atom is 0.332 e. The fraction of sp³-hybridized carbons (Fsp3) is 0.235. The maximum atomic E-state index is 12.5. The van der Waals surface area contributed by atoms with Gasteiger partial charge in [0.25, 0.3) is 5.56 Å². The first-order chi connectivity index (χ1) is 10.9. The molecule has 6 nitrogen and oxygen atoms in total. The molecule has 0 aliphatic heterocycles. The van der Waals surface area contributed by atoms with Crippen LogP contribution in [-0.2, 0) is 14.1 Å². The van der Waals surface area contributed by atoms with Crippen LogP contribution in [-0.4, -0.2) is 14.1 Å². The molecule has 0 spiro atoms. The molecule has 0 radical (unpaired) electrons. The van der Waals surface area contributed by atoms with Gasteiger partial charge < -0.3 is 5.32 Å². The number of pyridine rings is 1. The zero-order chi connectivity index (χ0) is 16.7. The van der Waals surface area contributed by atoms with E-state index in [1.165, 1.54) is 17.2 Å². The number of nitrogens with one attached hydrogen (secondary N) is 1. The third-order valence-electron chi connectivity index (χ3n) is 3.99. The number of anilines is 2. The molecule has 2 aromatic heterocycles. The van der Waals surface area contributed by atoms with E-state index in [4.69, 9.17) is 0 Å². The summed E-state index contributed by atoms with van der Waals surface area (Å²) < 4.78 is 2.47. The molecule has 0 saturated carbocycles. The van der Waals surface area contributed by atoms with E-state index in [0.717, 1.165) is 15.8 Å². The number of benzene rings is 1. The van der Waals surface area contributed by atoms with Crippen LogP contribution in [0.2, 0.25) is 0 Å². The van der Waals surface area contributed by atoms with Gasteiger partial charge in [0, 0.05) is 26.0 Å². The third kappa shape index (κ3) is 2.42. The van der Waals surface area contributed by atoms with Crippen LogP contribution in [0.3, 0.4) is 0 Å². The minimum absolute atomic E-state index is 0.358. The third-order valence-corrected chi connectivity index (χ3v) is 3.99. The second kappa shape index (κ2) is 5.39. The summed E-state index contributed by atoms with van der Waals surface area (Å²) in [6.07, 6.45) is 1.59. The Bertz CT molecular complexity index is 1030. The molecule has 0 aliphatic rings. The van der Waals surface area contributed by atoms with Crippen LogP contribution >= 0.6 is 0 Å². The van der Waals surface area contributed by atoms with Gasteiger partial charge in [0.2, 0.25) is 0 Å². The van der Waals surface area contributed by atoms with Crippen LogP contribution in [0.1, 0.15) is 11.1 Å². The molecule has 0 amide bonds. The minimum Gasteiger partial charge on any atom is -0.354 e. The second-order valence-corrected chi connectivity index (χ2v) is 5.71. The van der Waals surface area contributed by atoms with E-state index >= 15 is 0 Å². The van der Waals surface area contributed by atoms with Crippen LogP contribution < -0.4 is 16.6 Å². The maximum absolute atomic E-state index is 12.5. The molecule has 0 atom stereocenters. The van der Waals surface area contributed by atoms with E-state index in [2.05, 4.69) is 16.4 Å². The molecule has 23 heavy (non-hydrogen) atoms. The summed E-state index contributed by atoms with van der Waals surface area (Å²) in [6.45, 7) is 4.04. The molecule has 0 fully saturated rings. The zero-order valence-electron chi connectivity index (χ0n) is 13.5. The van der Waals surface area contributed by atoms with Crippen molar-refractivity contribution in [1.29, 1.82) is 0 Å². The lowest BCUT2D eigenvalue weighted by atomic mass is 10.1. The van der Waals surface area contributed by atoms with Gasteiger partial charge in [-0.2, -0.15) is 0 Å². The highest BCUT2D eigenvalue weighted by Gasteiger charge is 2.13. The number of rotatable bonds is 2. The lowest BCUT2D eigenvalue weighted by molar-refractivity contribution is 0.708. The topological polar surface area (TPSA) is 68.9 Å². The number of hydrogen-bond donors (Lipinski definition) is 1. The van der Waals surface area contributed by atoms with Gasteiger partial charge in [-0.3, -0.25) is 13.9 Å². The van der Waals surface area contributed by atoms with Gasteiger partial charge >= 0.3 is 5.69 Å². The molecule has 3 rings (SSSR count). The largest absolute Gasteiger partial charge is 0.354 e. The predicted molar refractivity (Wildman–Crippen MR) is 91.4 cm³/mol. The second-order valence-electron chi connectivity index (χ2n) is 5.71. The molecule has 0 aliphatic carbocycles. The van der Waals surface area contributed by atoms with Crippen LogP contribution in [0.4, 0.5) is 11.4 Å². The van der Waals surface area contributed by atoms with E-state index in [1.807, 2.05) is 26.0 Å². The van der Waals surface area contributed by atoms with E-state index in [-0.39, 0.29) is 5.56 Å². The average Bonchev–Trinajstić information content (AvgIpc) is 2.53. The quantitative estimate of drug-likeness (QED) is 0.786. The predicted octanol–water partition coefficient (Wildman–Crippen LogP) is 1.99. The van der Waals surface area contributed by atoms with Crippen molar-refractivity contribution < 1.29 is 0 Å². The van der Waals surface area contributed by atoms with Gasteiger partial charge in [0.05, 0.1) is 5.69 Å². The molecule has 118 valence electrons. The lowest BCUT2D eigenvalue weighted by Gasteiger charge is -2.13. The first-order valence-electron chi connectivity index (χ1n) is 7.29. The van der Waals surface area contributed by atoms with Crippen molar-refractivity contribution in [1.82, 2.24) is 14.1 Å². The van der Waals surface area contributed by atoms with Gasteiger partial charge in [-0.15, -0.1) is 0 Å². The van der Waals surface area contributed by atoms with E-state index in [0.29, 0.717) is 16.7 Å². The normalized spacial score (nSPS) is 11.0. The van der Waals surface area contributed by atoms with E-state index < -0.39 is 5.69 Å². The number of fused-ring (bicyclic) bond motifs is 1. The molecule has 1 N–H and O–H groups in total. The van der Waals surface area contributed by atoms with Crippen LogP contribution in [0.5, 0.6) is 0 Å². The van der Waals surface area contributed by atoms with Gasteiger partial charge in [-0.25, -0.2) is 9.78 Å². The minimum atomic E-state index is -0.390. The van der Waals surface area contributed by atoms with E-state index in [9.17, 15) is 9.59 Å². The molecule has 0 unspecified atom stereocenters. The average molecular weight is 310 g/mol. The number of hydrogen-bond acceptors (Lipinski definition) is 4. The van der Waals surface area contributed by atoms with Gasteiger partial charge in [-0.05, 0) is 31.5 Å². The highest BCUT2D eigenvalue weighted by molar-refractivity contribution is 5.90. The summed E-state index contributed by atoms with van der Waals surface area (Å²) in [5.74, 6) is 0. The monoisotopic (exact) mass is 310 g/mol. The van der Waals surface area contributed by atoms with Crippen molar-refractivity contribution in [2.75, 3.05) is 5.32 Å². The standard InChI is InChI=1S/C17H18N4O2/c1-10-5-6-12(11(2)9-10)19-13-7-8-18-15-14(13)16(22)21(4)17(23)20(15)3/h5-9H,1-4H3,(H,18,19). The molecule has 0 bridgehead atoms. The lowest BCUT2D eigenvalue weighted by Crippen LogP contribution is -2.37. The Morgan fingerprint density at radius 1 is 1.00 bits per heavy atom. The SMILES string of the molecule is Cc1ccc(Nc2ccnc3c2c(=O)n(C)c(=O)n3C)c(C)c1. The van der Waals surface area contributed by atoms with Crippen molar-refractivity contribution in [3.8, 4) is 0 Å². The molecular weight excluding hydrogens is 292 g/mol. The van der Waals surface area contributed by atoms with Gasteiger partial charge in [0.15, 0.2) is 5.65 Å². The van der Waals surface area contributed by atoms with E-state index in [1.54, 1.807) is 19.3 Å². The van der Waals surface area contributed by atoms with Crippen molar-refractivity contribution in [3.63, 3.8) is 0 Å². The fourth-order valence-electron chi connectivity index (χ4n) is 2.69. The van der Waals surface area contributed by atoms with Crippen molar-refractivity contribution in [2.45, 2.75) is 13.8 Å². The van der Waals surface area contributed by atoms with Crippen LogP contribution in [0.15, 0.2) is 40.1 Å². The number of aromatic nitrogens is 3. The molecule has 0 saturated heterocycles. The van der Waals surface area contributed by atoms with Crippen molar-refractivity contribution in [3.05, 3.63) is 62.4 Å². The summed E-state index contributed by atoms with van der Waals surface area (Å²) in [4.78, 5) is 28.7. The molecule has 6 heteroatoms. The van der Waals surface area contributed by atoms with Crippen LogP contribution in [0, 0.1) is 13.8 Å². The van der Waals surface area contributed by atoms with Gasteiger partial charge in [0.1, 0.15) is 5.39 Å². The highest BCUT2D eigenvalue weighted by Crippen LogP contribution is 2.24. The Morgan fingerprint density at radius 3 is 2.43 bits per heavy atom. The number of nitrogens with zero attached hydrogens (tertiary/aromatic N) is 3. The summed E-state index contributed by atoms with van der Waals surface area (Å²) in [6, 6.07) is 7.79. The Labute approximate surface area is 133 Å². The Morgan fingerprint density at radius 2 is 1.74 bits per heavy atom. The molecular formula is C17H18N4O2. The Balaban J connectivity index is 2.27. The highest BCUT2D eigenvalue weighted by atomic mass is 16.2. The summed E-state index contributed by atoms with van der Waals surface area (Å²) >= 11 is 0. The van der Waals surface area contributed by atoms with Gasteiger partial charge in [-0.1, -0.05) is 17.7 Å². The van der Waals surface area contributed by atoms with Crippen LogP contribution in [0.25, 0.3) is 11.0 Å². The fourth-order valence-corrected chi connectivity index (χ4v) is 2.69. The van der Waals surface area contributed by atoms with Crippen molar-refractivity contribution in [2.24, 2.45) is 14.1 Å². The Kier molecular flexibility index (Phi) is 3.52. The summed E-state index contributed by atoms with van der Waals surface area (Å²) in [5, 5.41) is 3.69. The smallest absolute Gasteiger partial charge is 0.332 e. The molecule has 1 aromatic carbocycles. The number of aryl methyl sites for hydroxylation is 3. The Hall–Kier alpha value is -2.89. The zero-order valence-corrected chi connectivity index (χ0v) is 13.5. The first-order valence-corrected chi connectivity index (χ1v) is 7.29. The first kappa shape index (κ1) is 15.0. The summed E-state index contributed by atoms with van der Waals surface area (Å²) in [5.41, 5.74) is 3.43. The molecule has 2 heterocycles. The summed E-state index contributed by atoms with van der Waals surface area (Å²) in [7, 11) is 3.08. The van der Waals surface area contributed by atoms with Crippen molar-refractivity contribution >= 4 is 22.4 Å².